The molecule has 7 heteroatoms. The van der Waals surface area contributed by atoms with Crippen molar-refractivity contribution >= 4 is 29.0 Å². The van der Waals surface area contributed by atoms with Crippen molar-refractivity contribution in [1.82, 2.24) is 4.98 Å². The summed E-state index contributed by atoms with van der Waals surface area (Å²) in [7, 11) is 0. The minimum Gasteiger partial charge on any atom is -0.482 e. The molecule has 1 heterocycles. The van der Waals surface area contributed by atoms with E-state index < -0.39 is 11.9 Å². The van der Waals surface area contributed by atoms with E-state index >= 15 is 0 Å². The molecule has 28 heavy (non-hydrogen) atoms. The van der Waals surface area contributed by atoms with E-state index in [2.05, 4.69) is 11.1 Å². The number of aromatic nitrogens is 1. The fraction of sp³-hybridized carbons (Fsp3) is 0.143. The van der Waals surface area contributed by atoms with E-state index in [-0.39, 0.29) is 10.8 Å². The number of anilines is 1. The van der Waals surface area contributed by atoms with E-state index in [0.717, 1.165) is 16.7 Å². The number of nitriles is 1. The Balaban J connectivity index is 1.94. The lowest BCUT2D eigenvalue weighted by Crippen LogP contribution is -2.08. The van der Waals surface area contributed by atoms with Gasteiger partial charge in [-0.25, -0.2) is 9.37 Å². The zero-order valence-electron chi connectivity index (χ0n) is 14.9. The average molecular weight is 416 g/mol. The highest BCUT2D eigenvalue weighted by atomic mass is 35.5. The van der Waals surface area contributed by atoms with Crippen molar-refractivity contribution in [3.8, 4) is 22.9 Å². The summed E-state index contributed by atoms with van der Waals surface area (Å²) in [6.07, 6.45) is 1.29. The van der Waals surface area contributed by atoms with Gasteiger partial charge in [0, 0.05) is 22.3 Å². The molecule has 1 atom stereocenters. The molecule has 3 rings (SSSR count). The van der Waals surface area contributed by atoms with Crippen LogP contribution in [0.15, 0.2) is 48.7 Å². The molecule has 1 unspecified atom stereocenters. The standard InChI is InChI=1S/C21H16Cl2FN3O/c1-12(19-16(22)5-6-17(24)20(19)23)28-18-10-15(11-27-21(18)26)14-4-2-3-13(9-14)7-8-25/h2-6,9-12H,7H2,1H3,(H2,26,27). The van der Waals surface area contributed by atoms with Crippen molar-refractivity contribution < 1.29 is 9.13 Å². The third kappa shape index (κ3) is 4.19. The molecule has 4 nitrogen and oxygen atoms in total. The predicted molar refractivity (Wildman–Crippen MR) is 109 cm³/mol. The van der Waals surface area contributed by atoms with E-state index in [4.69, 9.17) is 38.9 Å². The molecule has 0 fully saturated rings. The normalized spacial score (nSPS) is 11.7. The van der Waals surface area contributed by atoms with Crippen molar-refractivity contribution in [1.29, 1.82) is 5.26 Å². The molecule has 0 saturated carbocycles. The highest BCUT2D eigenvalue weighted by molar-refractivity contribution is 6.36. The Morgan fingerprint density at radius 2 is 2.00 bits per heavy atom. The highest BCUT2D eigenvalue weighted by Gasteiger charge is 2.20. The van der Waals surface area contributed by atoms with Crippen LogP contribution in [0.3, 0.4) is 0 Å². The van der Waals surface area contributed by atoms with Crippen LogP contribution < -0.4 is 10.5 Å². The Morgan fingerprint density at radius 1 is 1.21 bits per heavy atom. The molecule has 0 saturated heterocycles. The Labute approximate surface area is 172 Å². The van der Waals surface area contributed by atoms with Gasteiger partial charge in [0.15, 0.2) is 11.6 Å². The van der Waals surface area contributed by atoms with Crippen molar-refractivity contribution in [3.63, 3.8) is 0 Å². The summed E-state index contributed by atoms with van der Waals surface area (Å²) in [6.45, 7) is 1.70. The fourth-order valence-electron chi connectivity index (χ4n) is 2.82. The molecule has 142 valence electrons. The summed E-state index contributed by atoms with van der Waals surface area (Å²) in [5.41, 5.74) is 8.84. The minimum atomic E-state index is -0.653. The van der Waals surface area contributed by atoms with E-state index in [9.17, 15) is 4.39 Å². The maximum absolute atomic E-state index is 13.8. The Hall–Kier alpha value is -2.81. The number of hydrogen-bond donors (Lipinski definition) is 1. The van der Waals surface area contributed by atoms with Gasteiger partial charge in [-0.15, -0.1) is 0 Å². The number of nitrogens with zero attached hydrogens (tertiary/aromatic N) is 2. The van der Waals surface area contributed by atoms with Gasteiger partial charge in [0.25, 0.3) is 0 Å². The van der Waals surface area contributed by atoms with Gasteiger partial charge in [-0.1, -0.05) is 47.5 Å². The quantitative estimate of drug-likeness (QED) is 0.519. The van der Waals surface area contributed by atoms with Gasteiger partial charge in [-0.2, -0.15) is 5.26 Å². The third-order valence-corrected chi connectivity index (χ3v) is 4.93. The molecule has 0 aliphatic heterocycles. The number of nitrogen functional groups attached to an aromatic ring is 1. The van der Waals surface area contributed by atoms with Gasteiger partial charge in [0.2, 0.25) is 0 Å². The van der Waals surface area contributed by atoms with Gasteiger partial charge in [0.1, 0.15) is 11.9 Å². The van der Waals surface area contributed by atoms with Crippen LogP contribution in [-0.4, -0.2) is 4.98 Å². The van der Waals surface area contributed by atoms with Crippen LogP contribution in [0, 0.1) is 17.1 Å². The number of hydrogen-bond acceptors (Lipinski definition) is 4. The maximum atomic E-state index is 13.8. The molecular formula is C21H16Cl2FN3O. The number of halogens is 3. The van der Waals surface area contributed by atoms with Crippen LogP contribution in [0.25, 0.3) is 11.1 Å². The van der Waals surface area contributed by atoms with Gasteiger partial charge >= 0.3 is 0 Å². The van der Waals surface area contributed by atoms with Crippen molar-refractivity contribution in [2.45, 2.75) is 19.4 Å². The zero-order chi connectivity index (χ0) is 20.3. The Morgan fingerprint density at radius 3 is 2.75 bits per heavy atom. The monoisotopic (exact) mass is 415 g/mol. The largest absolute Gasteiger partial charge is 0.482 e. The van der Waals surface area contributed by atoms with Crippen LogP contribution in [-0.2, 0) is 6.42 Å². The zero-order valence-corrected chi connectivity index (χ0v) is 16.4. The van der Waals surface area contributed by atoms with Crippen molar-refractivity contribution in [2.24, 2.45) is 0 Å². The summed E-state index contributed by atoms with van der Waals surface area (Å²) in [5, 5.41) is 9.09. The Kier molecular flexibility index (Phi) is 6.03. The number of benzene rings is 2. The van der Waals surface area contributed by atoms with Crippen LogP contribution in [0.4, 0.5) is 10.2 Å². The topological polar surface area (TPSA) is 71.9 Å². The molecular weight excluding hydrogens is 400 g/mol. The van der Waals surface area contributed by atoms with Crippen molar-refractivity contribution in [2.75, 3.05) is 5.73 Å². The van der Waals surface area contributed by atoms with Gasteiger partial charge < -0.3 is 10.5 Å². The highest BCUT2D eigenvalue weighted by Crippen LogP contribution is 2.37. The predicted octanol–water partition coefficient (Wildman–Crippen LogP) is 5.98. The summed E-state index contributed by atoms with van der Waals surface area (Å²) >= 11 is 12.2. The second-order valence-electron chi connectivity index (χ2n) is 6.16. The summed E-state index contributed by atoms with van der Waals surface area (Å²) < 4.78 is 19.7. The molecule has 3 aromatic rings. The van der Waals surface area contributed by atoms with Crippen molar-refractivity contribution in [3.05, 3.63) is 75.7 Å². The summed E-state index contributed by atoms with van der Waals surface area (Å²) in [4.78, 5) is 4.19. The molecule has 0 aliphatic carbocycles. The third-order valence-electron chi connectivity index (χ3n) is 4.21. The SMILES string of the molecule is CC(Oc1cc(-c2cccc(CC#N)c2)cnc1N)c1c(Cl)ccc(F)c1Cl. The summed E-state index contributed by atoms with van der Waals surface area (Å²) in [6, 6.07) is 14.1. The fourth-order valence-corrected chi connectivity index (χ4v) is 3.50. The smallest absolute Gasteiger partial charge is 0.166 e. The first-order chi connectivity index (χ1) is 13.4. The van der Waals surface area contributed by atoms with E-state index in [1.54, 1.807) is 19.2 Å². The Bertz CT molecular complexity index is 1070. The first-order valence-electron chi connectivity index (χ1n) is 8.42. The second kappa shape index (κ2) is 8.47. The van der Waals surface area contributed by atoms with Crippen LogP contribution in [0.2, 0.25) is 10.0 Å². The van der Waals surface area contributed by atoms with Crippen LogP contribution in [0.5, 0.6) is 5.75 Å². The number of pyridine rings is 1. The van der Waals surface area contributed by atoms with Crippen LogP contribution >= 0.6 is 23.2 Å². The second-order valence-corrected chi connectivity index (χ2v) is 6.94. The van der Waals surface area contributed by atoms with Gasteiger partial charge in [-0.3, -0.25) is 0 Å². The first-order valence-corrected chi connectivity index (χ1v) is 9.18. The van der Waals surface area contributed by atoms with E-state index in [1.807, 2.05) is 24.3 Å². The lowest BCUT2D eigenvalue weighted by atomic mass is 10.0. The molecule has 2 N–H and O–H groups in total. The minimum absolute atomic E-state index is 0.0908. The number of nitrogens with two attached hydrogens (primary N) is 1. The van der Waals surface area contributed by atoms with Crippen LogP contribution in [0.1, 0.15) is 24.2 Å². The molecule has 2 aromatic carbocycles. The molecule has 0 radical (unpaired) electrons. The summed E-state index contributed by atoms with van der Waals surface area (Å²) in [5.74, 6) is -0.0646. The number of ether oxygens (including phenoxy) is 1. The van der Waals surface area contributed by atoms with Gasteiger partial charge in [-0.05, 0) is 36.2 Å². The van der Waals surface area contributed by atoms with Gasteiger partial charge in [0.05, 0.1) is 17.5 Å². The van der Waals surface area contributed by atoms with E-state index in [0.29, 0.717) is 22.8 Å². The first kappa shape index (κ1) is 19.9. The lowest BCUT2D eigenvalue weighted by Gasteiger charge is -2.19. The molecule has 1 aromatic heterocycles. The van der Waals surface area contributed by atoms with E-state index in [1.165, 1.54) is 12.1 Å². The molecule has 0 amide bonds. The lowest BCUT2D eigenvalue weighted by molar-refractivity contribution is 0.227. The maximum Gasteiger partial charge on any atom is 0.166 e. The number of rotatable bonds is 5. The molecule has 0 aliphatic rings. The molecule has 0 spiro atoms. The molecule has 0 bridgehead atoms. The average Bonchev–Trinajstić information content (AvgIpc) is 2.67.